The molecular formula is C18H12BrF3N2O4. The van der Waals surface area contributed by atoms with Gasteiger partial charge in [0.15, 0.2) is 22.3 Å². The second kappa shape index (κ2) is 8.03. The van der Waals surface area contributed by atoms with E-state index in [-0.39, 0.29) is 21.8 Å². The second-order valence-corrected chi connectivity index (χ2v) is 6.26. The number of rotatable bonds is 6. The predicted molar refractivity (Wildman–Crippen MR) is 94.9 cm³/mol. The number of benzene rings is 2. The maximum absolute atomic E-state index is 14.3. The average Bonchev–Trinajstić information content (AvgIpc) is 3.02. The third-order valence-electron chi connectivity index (χ3n) is 3.74. The molecule has 2 aromatic carbocycles. The standard InChI is InChI=1S/C18H12BrF3N2O4/c19-16-15(8-3-1-2-4-9(8)20)24-18(28-16)12(7-25)27-11-6-5-10(21)13(14(11)22)17(23)26/h1-6,12,25H,7H2,(H2,23,26). The van der Waals surface area contributed by atoms with Gasteiger partial charge < -0.3 is 20.0 Å². The van der Waals surface area contributed by atoms with Gasteiger partial charge in [-0.3, -0.25) is 4.79 Å². The minimum atomic E-state index is -1.33. The highest BCUT2D eigenvalue weighted by molar-refractivity contribution is 9.10. The molecular weight excluding hydrogens is 445 g/mol. The third-order valence-corrected chi connectivity index (χ3v) is 4.28. The number of amides is 1. The van der Waals surface area contributed by atoms with Gasteiger partial charge in [-0.2, -0.15) is 0 Å². The van der Waals surface area contributed by atoms with E-state index >= 15 is 0 Å². The van der Waals surface area contributed by atoms with Crippen molar-refractivity contribution in [2.24, 2.45) is 5.73 Å². The van der Waals surface area contributed by atoms with Gasteiger partial charge in [-0.05, 0) is 40.2 Å². The van der Waals surface area contributed by atoms with Crippen LogP contribution in [0.15, 0.2) is 45.5 Å². The Kier molecular flexibility index (Phi) is 5.71. The number of oxazole rings is 1. The smallest absolute Gasteiger partial charge is 0.254 e. The SMILES string of the molecule is NC(=O)c1c(F)ccc(OC(CO)c2nc(-c3ccccc3F)c(Br)o2)c1F. The van der Waals surface area contributed by atoms with Crippen LogP contribution in [-0.2, 0) is 0 Å². The Morgan fingerprint density at radius 3 is 2.57 bits per heavy atom. The number of aliphatic hydroxyl groups is 1. The summed E-state index contributed by atoms with van der Waals surface area (Å²) in [6.45, 7) is -0.702. The van der Waals surface area contributed by atoms with Crippen LogP contribution < -0.4 is 10.5 Å². The number of nitrogens with zero attached hydrogens (tertiary/aromatic N) is 1. The molecule has 3 N–H and O–H groups in total. The zero-order valence-electron chi connectivity index (χ0n) is 14.0. The normalized spacial score (nSPS) is 12.0. The highest BCUT2D eigenvalue weighted by Crippen LogP contribution is 2.34. The van der Waals surface area contributed by atoms with Crippen LogP contribution >= 0.6 is 15.9 Å². The van der Waals surface area contributed by atoms with Gasteiger partial charge >= 0.3 is 0 Å². The lowest BCUT2D eigenvalue weighted by Gasteiger charge is -2.15. The van der Waals surface area contributed by atoms with Crippen molar-refractivity contribution in [2.45, 2.75) is 6.10 Å². The minimum absolute atomic E-state index is 0.0621. The highest BCUT2D eigenvalue weighted by atomic mass is 79.9. The van der Waals surface area contributed by atoms with Crippen LogP contribution in [0, 0.1) is 17.5 Å². The first-order chi connectivity index (χ1) is 13.3. The zero-order chi connectivity index (χ0) is 20.4. The fourth-order valence-corrected chi connectivity index (χ4v) is 2.91. The first kappa shape index (κ1) is 19.9. The number of hydrogen-bond donors (Lipinski definition) is 2. The molecule has 3 rings (SSSR count). The summed E-state index contributed by atoms with van der Waals surface area (Å²) < 4.78 is 52.6. The zero-order valence-corrected chi connectivity index (χ0v) is 15.5. The Balaban J connectivity index is 1.96. The minimum Gasteiger partial charge on any atom is -0.475 e. The first-order valence-electron chi connectivity index (χ1n) is 7.80. The van der Waals surface area contributed by atoms with Crippen LogP contribution in [0.2, 0.25) is 0 Å². The third kappa shape index (κ3) is 3.73. The summed E-state index contributed by atoms with van der Waals surface area (Å²) in [5, 5.41) is 9.59. The molecule has 1 atom stereocenters. The summed E-state index contributed by atoms with van der Waals surface area (Å²) in [5.74, 6) is -5.10. The maximum atomic E-state index is 14.3. The number of aromatic nitrogens is 1. The van der Waals surface area contributed by atoms with E-state index < -0.39 is 47.4 Å². The molecule has 6 nitrogen and oxygen atoms in total. The summed E-state index contributed by atoms with van der Waals surface area (Å²) in [5.41, 5.74) is 4.22. The molecule has 3 aromatic rings. The molecule has 0 fully saturated rings. The van der Waals surface area contributed by atoms with Crippen LogP contribution in [0.1, 0.15) is 22.4 Å². The average molecular weight is 457 g/mol. The van der Waals surface area contributed by atoms with Crippen molar-refractivity contribution in [3.63, 3.8) is 0 Å². The van der Waals surface area contributed by atoms with Crippen molar-refractivity contribution in [3.05, 3.63) is 70.0 Å². The van der Waals surface area contributed by atoms with E-state index in [1.54, 1.807) is 6.07 Å². The molecule has 0 bridgehead atoms. The summed E-state index contributed by atoms with van der Waals surface area (Å²) in [7, 11) is 0. The number of ether oxygens (including phenoxy) is 1. The summed E-state index contributed by atoms with van der Waals surface area (Å²) in [6, 6.07) is 7.52. The summed E-state index contributed by atoms with van der Waals surface area (Å²) in [6.07, 6.45) is -1.32. The van der Waals surface area contributed by atoms with Crippen molar-refractivity contribution in [2.75, 3.05) is 6.61 Å². The van der Waals surface area contributed by atoms with E-state index in [1.165, 1.54) is 18.2 Å². The Morgan fingerprint density at radius 1 is 1.21 bits per heavy atom. The van der Waals surface area contributed by atoms with Crippen molar-refractivity contribution in [1.29, 1.82) is 0 Å². The van der Waals surface area contributed by atoms with Crippen molar-refractivity contribution >= 4 is 21.8 Å². The quantitative estimate of drug-likeness (QED) is 0.588. The highest BCUT2D eigenvalue weighted by Gasteiger charge is 2.26. The molecule has 1 heterocycles. The van der Waals surface area contributed by atoms with Crippen molar-refractivity contribution in [3.8, 4) is 17.0 Å². The summed E-state index contributed by atoms with van der Waals surface area (Å²) >= 11 is 3.11. The first-order valence-corrected chi connectivity index (χ1v) is 8.59. The number of nitrogens with two attached hydrogens (primary N) is 1. The Bertz CT molecular complexity index is 1040. The van der Waals surface area contributed by atoms with E-state index in [4.69, 9.17) is 14.9 Å². The molecule has 0 aliphatic heterocycles. The fraction of sp³-hybridized carbons (Fsp3) is 0.111. The fourth-order valence-electron chi connectivity index (χ4n) is 2.44. The molecule has 0 saturated carbocycles. The van der Waals surface area contributed by atoms with Crippen LogP contribution in [0.5, 0.6) is 5.75 Å². The molecule has 28 heavy (non-hydrogen) atoms. The Morgan fingerprint density at radius 2 is 1.93 bits per heavy atom. The van der Waals surface area contributed by atoms with Gasteiger partial charge in [-0.25, -0.2) is 18.2 Å². The number of halogens is 4. The molecule has 0 aliphatic carbocycles. The van der Waals surface area contributed by atoms with Crippen LogP contribution in [-0.4, -0.2) is 22.6 Å². The molecule has 0 aliphatic rings. The summed E-state index contributed by atoms with van der Waals surface area (Å²) in [4.78, 5) is 15.3. The molecule has 1 unspecified atom stereocenters. The van der Waals surface area contributed by atoms with Crippen LogP contribution in [0.4, 0.5) is 13.2 Å². The lowest BCUT2D eigenvalue weighted by atomic mass is 10.1. The van der Waals surface area contributed by atoms with Crippen molar-refractivity contribution < 1.29 is 32.2 Å². The number of hydrogen-bond acceptors (Lipinski definition) is 5. The monoisotopic (exact) mass is 456 g/mol. The maximum Gasteiger partial charge on any atom is 0.254 e. The van der Waals surface area contributed by atoms with Gasteiger partial charge in [-0.15, -0.1) is 0 Å². The van der Waals surface area contributed by atoms with E-state index in [0.717, 1.165) is 12.1 Å². The number of primary amides is 1. The second-order valence-electron chi connectivity index (χ2n) is 5.54. The molecule has 0 saturated heterocycles. The van der Waals surface area contributed by atoms with Gasteiger partial charge in [0.1, 0.15) is 22.9 Å². The Hall–Kier alpha value is -2.85. The Labute approximate surface area is 164 Å². The molecule has 0 spiro atoms. The van der Waals surface area contributed by atoms with Gasteiger partial charge in [0.25, 0.3) is 5.91 Å². The predicted octanol–water partition coefficient (Wildman–Crippen LogP) is 3.73. The largest absolute Gasteiger partial charge is 0.475 e. The van der Waals surface area contributed by atoms with Crippen LogP contribution in [0.3, 0.4) is 0 Å². The van der Waals surface area contributed by atoms with Crippen LogP contribution in [0.25, 0.3) is 11.3 Å². The topological polar surface area (TPSA) is 98.6 Å². The van der Waals surface area contributed by atoms with E-state index in [9.17, 15) is 23.1 Å². The molecule has 1 amide bonds. The molecule has 1 aromatic heterocycles. The lowest BCUT2D eigenvalue weighted by molar-refractivity contribution is 0.0880. The molecule has 0 radical (unpaired) electrons. The number of carbonyl (C=O) groups is 1. The molecule has 10 heteroatoms. The van der Waals surface area contributed by atoms with Gasteiger partial charge in [0.05, 0.1) is 6.61 Å². The van der Waals surface area contributed by atoms with E-state index in [2.05, 4.69) is 20.9 Å². The van der Waals surface area contributed by atoms with Gasteiger partial charge in [0.2, 0.25) is 5.89 Å². The number of carbonyl (C=O) groups excluding carboxylic acids is 1. The van der Waals surface area contributed by atoms with E-state index in [0.29, 0.717) is 0 Å². The van der Waals surface area contributed by atoms with Crippen molar-refractivity contribution in [1.82, 2.24) is 4.98 Å². The lowest BCUT2D eigenvalue weighted by Crippen LogP contribution is -2.18. The van der Waals surface area contributed by atoms with Gasteiger partial charge in [-0.1, -0.05) is 12.1 Å². The van der Waals surface area contributed by atoms with E-state index in [1.807, 2.05) is 0 Å². The number of aliphatic hydroxyl groups excluding tert-OH is 1. The molecule has 146 valence electrons. The van der Waals surface area contributed by atoms with Gasteiger partial charge in [0, 0.05) is 5.56 Å².